The minimum Gasteiger partial charge on any atom is -0.508 e. The quantitative estimate of drug-likeness (QED) is 0.703. The van der Waals surface area contributed by atoms with Crippen molar-refractivity contribution in [2.24, 2.45) is 5.92 Å². The second-order valence-electron chi connectivity index (χ2n) is 6.51. The highest BCUT2D eigenvalue weighted by molar-refractivity contribution is 6.02. The molecule has 0 bridgehead atoms. The maximum Gasteiger partial charge on any atom is 0.246 e. The zero-order valence-electron chi connectivity index (χ0n) is 14.9. The van der Waals surface area contributed by atoms with Gasteiger partial charge in [0.1, 0.15) is 11.8 Å². The van der Waals surface area contributed by atoms with Gasteiger partial charge in [0.25, 0.3) is 0 Å². The number of hydrogen-bond donors (Lipinski definition) is 3. The molecule has 1 unspecified atom stereocenters. The Labute approximate surface area is 157 Å². The van der Waals surface area contributed by atoms with Crippen molar-refractivity contribution >= 4 is 29.1 Å². The zero-order valence-corrected chi connectivity index (χ0v) is 14.9. The SMILES string of the molecule is C[C@@H](NC(=O)C1CC(=O)N(c2ccccc2)C1)C(=O)Nc1ccc(O)cc1. The average molecular weight is 367 g/mol. The molecule has 0 radical (unpaired) electrons. The second-order valence-corrected chi connectivity index (χ2v) is 6.51. The van der Waals surface area contributed by atoms with Crippen molar-refractivity contribution in [1.29, 1.82) is 0 Å². The van der Waals surface area contributed by atoms with Crippen LogP contribution < -0.4 is 15.5 Å². The minimum absolute atomic E-state index is 0.100. The first kappa shape index (κ1) is 18.4. The topological polar surface area (TPSA) is 98.7 Å². The van der Waals surface area contributed by atoms with Crippen molar-refractivity contribution in [2.75, 3.05) is 16.8 Å². The van der Waals surface area contributed by atoms with Crippen LogP contribution in [0.4, 0.5) is 11.4 Å². The van der Waals surface area contributed by atoms with E-state index in [2.05, 4.69) is 10.6 Å². The molecular weight excluding hydrogens is 346 g/mol. The van der Waals surface area contributed by atoms with Gasteiger partial charge in [-0.3, -0.25) is 14.4 Å². The highest BCUT2D eigenvalue weighted by Gasteiger charge is 2.35. The van der Waals surface area contributed by atoms with Crippen LogP contribution in [0.5, 0.6) is 5.75 Å². The van der Waals surface area contributed by atoms with Gasteiger partial charge in [-0.25, -0.2) is 0 Å². The molecule has 3 amide bonds. The van der Waals surface area contributed by atoms with Gasteiger partial charge in [-0.1, -0.05) is 18.2 Å². The van der Waals surface area contributed by atoms with E-state index in [1.807, 2.05) is 30.3 Å². The lowest BCUT2D eigenvalue weighted by molar-refractivity contribution is -0.129. The highest BCUT2D eigenvalue weighted by Crippen LogP contribution is 2.25. The van der Waals surface area contributed by atoms with Crippen LogP contribution in [0.25, 0.3) is 0 Å². The molecule has 1 fully saturated rings. The summed E-state index contributed by atoms with van der Waals surface area (Å²) in [6.07, 6.45) is 0.118. The Morgan fingerprint density at radius 1 is 1.11 bits per heavy atom. The molecule has 1 heterocycles. The van der Waals surface area contributed by atoms with E-state index in [1.54, 1.807) is 24.0 Å². The molecule has 27 heavy (non-hydrogen) atoms. The van der Waals surface area contributed by atoms with Crippen LogP contribution in [-0.2, 0) is 14.4 Å². The third kappa shape index (κ3) is 4.44. The fourth-order valence-corrected chi connectivity index (χ4v) is 2.93. The molecule has 3 rings (SSSR count). The summed E-state index contributed by atoms with van der Waals surface area (Å²) < 4.78 is 0. The van der Waals surface area contributed by atoms with Gasteiger partial charge in [-0.05, 0) is 43.3 Å². The van der Waals surface area contributed by atoms with Gasteiger partial charge in [0.15, 0.2) is 0 Å². The van der Waals surface area contributed by atoms with Crippen LogP contribution in [0.3, 0.4) is 0 Å². The van der Waals surface area contributed by atoms with Crippen molar-refractivity contribution in [3.8, 4) is 5.75 Å². The molecular formula is C20H21N3O4. The summed E-state index contributed by atoms with van der Waals surface area (Å²) >= 11 is 0. The van der Waals surface area contributed by atoms with E-state index in [4.69, 9.17) is 0 Å². The van der Waals surface area contributed by atoms with Gasteiger partial charge >= 0.3 is 0 Å². The lowest BCUT2D eigenvalue weighted by atomic mass is 10.1. The largest absolute Gasteiger partial charge is 0.508 e. The zero-order chi connectivity index (χ0) is 19.4. The summed E-state index contributed by atoms with van der Waals surface area (Å²) in [5.74, 6) is -1.21. The Morgan fingerprint density at radius 2 is 1.78 bits per heavy atom. The Kier molecular flexibility index (Phi) is 5.40. The summed E-state index contributed by atoms with van der Waals surface area (Å²) in [6, 6.07) is 14.5. The monoisotopic (exact) mass is 367 g/mol. The predicted octanol–water partition coefficient (Wildman–Crippen LogP) is 1.89. The third-order valence-electron chi connectivity index (χ3n) is 4.45. The lowest BCUT2D eigenvalue weighted by Crippen LogP contribution is -2.44. The molecule has 0 aromatic heterocycles. The lowest BCUT2D eigenvalue weighted by Gasteiger charge is -2.18. The van der Waals surface area contributed by atoms with E-state index in [0.29, 0.717) is 12.2 Å². The normalized spacial score (nSPS) is 17.4. The molecule has 0 aliphatic carbocycles. The number of nitrogens with zero attached hydrogens (tertiary/aromatic N) is 1. The number of carbonyl (C=O) groups excluding carboxylic acids is 3. The van der Waals surface area contributed by atoms with Gasteiger partial charge in [0.2, 0.25) is 17.7 Å². The molecule has 2 atom stereocenters. The number of phenols is 1. The smallest absolute Gasteiger partial charge is 0.246 e. The number of hydrogen-bond acceptors (Lipinski definition) is 4. The molecule has 140 valence electrons. The summed E-state index contributed by atoms with van der Waals surface area (Å²) in [4.78, 5) is 38.5. The number of amides is 3. The molecule has 2 aromatic carbocycles. The first-order valence-electron chi connectivity index (χ1n) is 8.69. The van der Waals surface area contributed by atoms with Crippen molar-refractivity contribution in [2.45, 2.75) is 19.4 Å². The van der Waals surface area contributed by atoms with Gasteiger partial charge in [0.05, 0.1) is 5.92 Å². The van der Waals surface area contributed by atoms with E-state index in [-0.39, 0.29) is 29.9 Å². The molecule has 1 aliphatic rings. The number of rotatable bonds is 5. The van der Waals surface area contributed by atoms with Crippen LogP contribution in [0, 0.1) is 5.92 Å². The fourth-order valence-electron chi connectivity index (χ4n) is 2.93. The highest BCUT2D eigenvalue weighted by atomic mass is 16.3. The van der Waals surface area contributed by atoms with E-state index in [9.17, 15) is 19.5 Å². The van der Waals surface area contributed by atoms with Gasteiger partial charge < -0.3 is 20.6 Å². The van der Waals surface area contributed by atoms with Crippen LogP contribution in [0.15, 0.2) is 54.6 Å². The minimum atomic E-state index is -0.757. The van der Waals surface area contributed by atoms with E-state index < -0.39 is 12.0 Å². The molecule has 0 spiro atoms. The number of nitrogens with one attached hydrogen (secondary N) is 2. The number of carbonyl (C=O) groups is 3. The standard InChI is InChI=1S/C20H21N3O4/c1-13(19(26)22-15-7-9-17(24)10-8-15)21-20(27)14-11-18(25)23(12-14)16-5-3-2-4-6-16/h2-10,13-14,24H,11-12H2,1H3,(H,21,27)(H,22,26)/t13-,14?/m1/s1. The number of benzene rings is 2. The Morgan fingerprint density at radius 3 is 2.44 bits per heavy atom. The van der Waals surface area contributed by atoms with Crippen molar-refractivity contribution in [3.63, 3.8) is 0 Å². The van der Waals surface area contributed by atoms with Crippen molar-refractivity contribution in [1.82, 2.24) is 5.32 Å². The summed E-state index contributed by atoms with van der Waals surface area (Å²) in [7, 11) is 0. The second kappa shape index (κ2) is 7.90. The molecule has 7 heteroatoms. The predicted molar refractivity (Wildman–Crippen MR) is 101 cm³/mol. The molecule has 7 nitrogen and oxygen atoms in total. The van der Waals surface area contributed by atoms with Gasteiger partial charge in [-0.2, -0.15) is 0 Å². The van der Waals surface area contributed by atoms with Crippen molar-refractivity contribution < 1.29 is 19.5 Å². The molecule has 1 saturated heterocycles. The fraction of sp³-hybridized carbons (Fsp3) is 0.250. The first-order chi connectivity index (χ1) is 12.9. The molecule has 1 aliphatic heterocycles. The van der Waals surface area contributed by atoms with Crippen LogP contribution in [0.1, 0.15) is 13.3 Å². The first-order valence-corrected chi connectivity index (χ1v) is 8.69. The molecule has 0 saturated carbocycles. The number of anilines is 2. The summed E-state index contributed by atoms with van der Waals surface area (Å²) in [5, 5.41) is 14.6. The summed E-state index contributed by atoms with van der Waals surface area (Å²) in [6.45, 7) is 1.88. The van der Waals surface area contributed by atoms with Crippen LogP contribution in [0.2, 0.25) is 0 Å². The van der Waals surface area contributed by atoms with E-state index >= 15 is 0 Å². The maximum atomic E-state index is 12.5. The van der Waals surface area contributed by atoms with E-state index in [1.165, 1.54) is 12.1 Å². The third-order valence-corrected chi connectivity index (χ3v) is 4.45. The van der Waals surface area contributed by atoms with E-state index in [0.717, 1.165) is 5.69 Å². The van der Waals surface area contributed by atoms with Crippen LogP contribution in [-0.4, -0.2) is 35.4 Å². The number of phenolic OH excluding ortho intramolecular Hbond substituents is 1. The van der Waals surface area contributed by atoms with Crippen LogP contribution >= 0.6 is 0 Å². The Hall–Kier alpha value is -3.35. The number of para-hydroxylation sites is 1. The molecule has 3 N–H and O–H groups in total. The average Bonchev–Trinajstić information content (AvgIpc) is 3.06. The molecule has 2 aromatic rings. The summed E-state index contributed by atoms with van der Waals surface area (Å²) in [5.41, 5.74) is 1.28. The maximum absolute atomic E-state index is 12.5. The Bertz CT molecular complexity index is 836. The van der Waals surface area contributed by atoms with Gasteiger partial charge in [-0.15, -0.1) is 0 Å². The van der Waals surface area contributed by atoms with Gasteiger partial charge in [0, 0.05) is 24.3 Å². The number of aromatic hydroxyl groups is 1. The van der Waals surface area contributed by atoms with Crippen molar-refractivity contribution in [3.05, 3.63) is 54.6 Å². The Balaban J connectivity index is 1.56.